The zero-order valence-electron chi connectivity index (χ0n) is 17.4. The molecule has 158 valence electrons. The fraction of sp³-hybridized carbons (Fsp3) is 0.591. The second kappa shape index (κ2) is 9.76. The van der Waals surface area contributed by atoms with E-state index in [4.69, 9.17) is 4.74 Å². The lowest BCUT2D eigenvalue weighted by Gasteiger charge is -2.36. The Morgan fingerprint density at radius 2 is 1.72 bits per heavy atom. The van der Waals surface area contributed by atoms with Crippen LogP contribution in [0.25, 0.3) is 0 Å². The predicted molar refractivity (Wildman–Crippen MR) is 109 cm³/mol. The lowest BCUT2D eigenvalue weighted by Crippen LogP contribution is -2.52. The minimum Gasteiger partial charge on any atom is -0.494 e. The topological polar surface area (TPSA) is 70.2 Å². The maximum absolute atomic E-state index is 12.8. The van der Waals surface area contributed by atoms with Gasteiger partial charge in [0.15, 0.2) is 0 Å². The number of amides is 3. The molecule has 29 heavy (non-hydrogen) atoms. The summed E-state index contributed by atoms with van der Waals surface area (Å²) in [4.78, 5) is 42.7. The van der Waals surface area contributed by atoms with Gasteiger partial charge in [-0.15, -0.1) is 0 Å². The van der Waals surface area contributed by atoms with Crippen molar-refractivity contribution >= 4 is 17.7 Å². The number of rotatable bonds is 7. The predicted octanol–water partition coefficient (Wildman–Crippen LogP) is 1.77. The van der Waals surface area contributed by atoms with Crippen LogP contribution in [-0.2, 0) is 14.4 Å². The third-order valence-corrected chi connectivity index (χ3v) is 5.62. The summed E-state index contributed by atoms with van der Waals surface area (Å²) in [6, 6.07) is 9.70. The molecule has 3 amide bonds. The molecule has 1 atom stereocenters. The highest BCUT2D eigenvalue weighted by Crippen LogP contribution is 2.23. The lowest BCUT2D eigenvalue weighted by molar-refractivity contribution is -0.142. The first-order chi connectivity index (χ1) is 14.0. The molecule has 1 aromatic carbocycles. The average Bonchev–Trinajstić information content (AvgIpc) is 3.13. The Morgan fingerprint density at radius 1 is 1.07 bits per heavy atom. The Morgan fingerprint density at radius 3 is 2.34 bits per heavy atom. The van der Waals surface area contributed by atoms with E-state index in [2.05, 4.69) is 0 Å². The minimum atomic E-state index is -0.248. The zero-order valence-corrected chi connectivity index (χ0v) is 17.4. The maximum Gasteiger partial charge on any atom is 0.228 e. The van der Waals surface area contributed by atoms with E-state index in [1.807, 2.05) is 54.0 Å². The molecule has 2 fully saturated rings. The van der Waals surface area contributed by atoms with E-state index >= 15 is 0 Å². The summed E-state index contributed by atoms with van der Waals surface area (Å²) in [5.41, 5.74) is 0. The number of para-hydroxylation sites is 1. The Hall–Kier alpha value is -2.57. The van der Waals surface area contributed by atoms with Crippen LogP contribution in [0.2, 0.25) is 0 Å². The van der Waals surface area contributed by atoms with E-state index in [1.165, 1.54) is 0 Å². The van der Waals surface area contributed by atoms with E-state index < -0.39 is 0 Å². The Bertz CT molecular complexity index is 714. The van der Waals surface area contributed by atoms with Crippen LogP contribution in [-0.4, -0.2) is 77.8 Å². The molecular formula is C22H31N3O4. The summed E-state index contributed by atoms with van der Waals surface area (Å²) < 4.78 is 5.63. The van der Waals surface area contributed by atoms with E-state index in [0.29, 0.717) is 58.6 Å². The average molecular weight is 402 g/mol. The molecule has 0 saturated carbocycles. The van der Waals surface area contributed by atoms with Crippen molar-refractivity contribution in [2.75, 3.05) is 39.3 Å². The molecule has 2 heterocycles. The van der Waals surface area contributed by atoms with Crippen LogP contribution >= 0.6 is 0 Å². The summed E-state index contributed by atoms with van der Waals surface area (Å²) in [6.45, 7) is 7.15. The molecule has 0 aliphatic carbocycles. The van der Waals surface area contributed by atoms with Gasteiger partial charge in [-0.25, -0.2) is 0 Å². The lowest BCUT2D eigenvalue weighted by atomic mass is 10.1. The number of piperazine rings is 1. The van der Waals surface area contributed by atoms with Crippen molar-refractivity contribution in [2.45, 2.75) is 39.2 Å². The van der Waals surface area contributed by atoms with E-state index in [0.717, 1.165) is 5.75 Å². The molecule has 2 aliphatic heterocycles. The van der Waals surface area contributed by atoms with Crippen LogP contribution < -0.4 is 4.74 Å². The fourth-order valence-electron chi connectivity index (χ4n) is 3.92. The second-order valence-electron chi connectivity index (χ2n) is 8.01. The largest absolute Gasteiger partial charge is 0.494 e. The minimum absolute atomic E-state index is 0.0462. The normalized spacial score (nSPS) is 19.8. The van der Waals surface area contributed by atoms with Crippen molar-refractivity contribution in [3.8, 4) is 5.75 Å². The van der Waals surface area contributed by atoms with Crippen LogP contribution in [0.1, 0.15) is 33.1 Å². The van der Waals surface area contributed by atoms with Gasteiger partial charge in [0.05, 0.1) is 12.5 Å². The molecule has 0 bridgehead atoms. The van der Waals surface area contributed by atoms with Gasteiger partial charge in [0.2, 0.25) is 17.7 Å². The van der Waals surface area contributed by atoms with Crippen molar-refractivity contribution in [2.24, 2.45) is 5.92 Å². The monoisotopic (exact) mass is 401 g/mol. The molecule has 2 saturated heterocycles. The van der Waals surface area contributed by atoms with Gasteiger partial charge in [0.1, 0.15) is 5.75 Å². The quantitative estimate of drug-likeness (QED) is 0.653. The Balaban J connectivity index is 1.37. The van der Waals surface area contributed by atoms with Gasteiger partial charge < -0.3 is 19.4 Å². The standard InChI is InChI=1S/C22H31N3O4/c1-17(2)25-16-18(15-21(25)27)22(28)24-12-10-23(11-13-24)20(26)9-6-14-29-19-7-4-3-5-8-19/h3-5,7-8,17-18H,6,9-16H2,1-2H3. The first kappa shape index (κ1) is 21.1. The molecule has 2 aliphatic rings. The van der Waals surface area contributed by atoms with Crippen LogP contribution in [0.4, 0.5) is 0 Å². The molecule has 0 aromatic heterocycles. The number of carbonyl (C=O) groups is 3. The van der Waals surface area contributed by atoms with Crippen molar-refractivity contribution in [1.82, 2.24) is 14.7 Å². The SMILES string of the molecule is CC(C)N1CC(C(=O)N2CCN(C(=O)CCCOc3ccccc3)CC2)CC1=O. The van der Waals surface area contributed by atoms with Crippen molar-refractivity contribution in [3.63, 3.8) is 0 Å². The van der Waals surface area contributed by atoms with E-state index in [1.54, 1.807) is 4.90 Å². The molecule has 7 heteroatoms. The highest BCUT2D eigenvalue weighted by atomic mass is 16.5. The Kier molecular flexibility index (Phi) is 7.12. The van der Waals surface area contributed by atoms with E-state index in [-0.39, 0.29) is 29.7 Å². The van der Waals surface area contributed by atoms with Crippen molar-refractivity contribution < 1.29 is 19.1 Å². The van der Waals surface area contributed by atoms with E-state index in [9.17, 15) is 14.4 Å². The summed E-state index contributed by atoms with van der Waals surface area (Å²) in [7, 11) is 0. The molecule has 7 nitrogen and oxygen atoms in total. The fourth-order valence-corrected chi connectivity index (χ4v) is 3.92. The van der Waals surface area contributed by atoms with Gasteiger partial charge in [-0.1, -0.05) is 18.2 Å². The third kappa shape index (κ3) is 5.49. The van der Waals surface area contributed by atoms with Crippen molar-refractivity contribution in [3.05, 3.63) is 30.3 Å². The number of likely N-dealkylation sites (tertiary alicyclic amines) is 1. The number of carbonyl (C=O) groups excluding carboxylic acids is 3. The van der Waals surface area contributed by atoms with Crippen molar-refractivity contribution in [1.29, 1.82) is 0 Å². The highest BCUT2D eigenvalue weighted by Gasteiger charge is 2.38. The second-order valence-corrected chi connectivity index (χ2v) is 8.01. The summed E-state index contributed by atoms with van der Waals surface area (Å²) in [5.74, 6) is 0.779. The van der Waals surface area contributed by atoms with Gasteiger partial charge in [-0.05, 0) is 32.4 Å². The molecule has 1 aromatic rings. The highest BCUT2D eigenvalue weighted by molar-refractivity contribution is 5.89. The third-order valence-electron chi connectivity index (χ3n) is 5.62. The van der Waals surface area contributed by atoms with Gasteiger partial charge in [-0.2, -0.15) is 0 Å². The zero-order chi connectivity index (χ0) is 20.8. The number of benzene rings is 1. The molecule has 0 spiro atoms. The van der Waals surface area contributed by atoms with Crippen LogP contribution in [0, 0.1) is 5.92 Å². The van der Waals surface area contributed by atoms with Gasteiger partial charge in [0.25, 0.3) is 0 Å². The van der Waals surface area contributed by atoms with Gasteiger partial charge in [-0.3, -0.25) is 14.4 Å². The van der Waals surface area contributed by atoms with Crippen LogP contribution in [0.5, 0.6) is 5.75 Å². The van der Waals surface area contributed by atoms with Crippen LogP contribution in [0.15, 0.2) is 30.3 Å². The smallest absolute Gasteiger partial charge is 0.228 e. The number of nitrogens with zero attached hydrogens (tertiary/aromatic N) is 3. The summed E-state index contributed by atoms with van der Waals surface area (Å²) >= 11 is 0. The first-order valence-corrected chi connectivity index (χ1v) is 10.5. The first-order valence-electron chi connectivity index (χ1n) is 10.5. The number of hydrogen-bond acceptors (Lipinski definition) is 4. The molecular weight excluding hydrogens is 370 g/mol. The number of hydrogen-bond donors (Lipinski definition) is 0. The molecule has 1 unspecified atom stereocenters. The van der Waals surface area contributed by atoms with Gasteiger partial charge in [0, 0.05) is 51.6 Å². The molecule has 0 N–H and O–H groups in total. The van der Waals surface area contributed by atoms with Gasteiger partial charge >= 0.3 is 0 Å². The molecule has 0 radical (unpaired) electrons. The maximum atomic E-state index is 12.8. The summed E-state index contributed by atoms with van der Waals surface area (Å²) in [6.07, 6.45) is 1.42. The Labute approximate surface area is 172 Å². The van der Waals surface area contributed by atoms with Crippen LogP contribution in [0.3, 0.4) is 0 Å². The number of ether oxygens (including phenoxy) is 1. The molecule has 3 rings (SSSR count). The summed E-state index contributed by atoms with van der Waals surface area (Å²) in [5, 5.41) is 0.